The number of amides is 2. The molecule has 108 valence electrons. The Hall–Kier alpha value is -1.16. The van der Waals surface area contributed by atoms with Crippen molar-refractivity contribution in [1.29, 1.82) is 0 Å². The van der Waals surface area contributed by atoms with Gasteiger partial charge in [0.2, 0.25) is 15.9 Å². The van der Waals surface area contributed by atoms with Crippen molar-refractivity contribution >= 4 is 44.5 Å². The van der Waals surface area contributed by atoms with Gasteiger partial charge in [-0.3, -0.25) is 14.5 Å². The lowest BCUT2D eigenvalue weighted by atomic mass is 10.5. The topological polar surface area (TPSA) is 96.4 Å². The largest absolute Gasteiger partial charge is 0.288 e. The first kappa shape index (κ1) is 15.2. The van der Waals surface area contributed by atoms with Crippen molar-refractivity contribution in [3.63, 3.8) is 0 Å². The zero-order valence-electron chi connectivity index (χ0n) is 10.1. The van der Waals surface area contributed by atoms with Crippen molar-refractivity contribution in [2.75, 3.05) is 18.8 Å². The van der Waals surface area contributed by atoms with Gasteiger partial charge >= 0.3 is 0 Å². The number of imide groups is 1. The molecule has 20 heavy (non-hydrogen) atoms. The van der Waals surface area contributed by atoms with E-state index in [0.717, 1.165) is 16.7 Å². The summed E-state index contributed by atoms with van der Waals surface area (Å²) in [6.07, 6.45) is 1.38. The second-order valence-electron chi connectivity index (χ2n) is 3.79. The van der Waals surface area contributed by atoms with E-state index in [1.165, 1.54) is 18.3 Å². The number of rotatable bonds is 5. The highest BCUT2D eigenvalue weighted by Gasteiger charge is 2.29. The second kappa shape index (κ2) is 6.08. The predicted molar refractivity (Wildman–Crippen MR) is 74.0 cm³/mol. The molecule has 0 atom stereocenters. The maximum Gasteiger partial charge on any atom is 0.288 e. The van der Waals surface area contributed by atoms with Crippen molar-refractivity contribution in [3.05, 3.63) is 23.5 Å². The third-order valence-electron chi connectivity index (χ3n) is 2.48. The summed E-state index contributed by atoms with van der Waals surface area (Å²) in [7, 11) is -3.82. The molecule has 0 bridgehead atoms. The molecule has 2 heterocycles. The van der Waals surface area contributed by atoms with Gasteiger partial charge in [0.05, 0.1) is 5.75 Å². The molecule has 0 saturated carbocycles. The molecule has 0 spiro atoms. The number of halogens is 1. The Morgan fingerprint density at radius 3 is 2.80 bits per heavy atom. The minimum atomic E-state index is -3.82. The molecule has 2 rings (SSSR count). The van der Waals surface area contributed by atoms with Gasteiger partial charge in [0.1, 0.15) is 10.0 Å². The lowest BCUT2D eigenvalue weighted by molar-refractivity contribution is -0.124. The maximum atomic E-state index is 12.0. The number of pyridine rings is 1. The minimum absolute atomic E-state index is 0.0121. The van der Waals surface area contributed by atoms with Gasteiger partial charge in [-0.25, -0.2) is 18.1 Å². The Labute approximate surface area is 124 Å². The summed E-state index contributed by atoms with van der Waals surface area (Å²) in [4.78, 5) is 27.2. The number of sulfonamides is 1. The van der Waals surface area contributed by atoms with Gasteiger partial charge in [0.25, 0.3) is 5.24 Å². The Morgan fingerprint density at radius 1 is 1.45 bits per heavy atom. The summed E-state index contributed by atoms with van der Waals surface area (Å²) in [6.45, 7) is -0.0899. The molecule has 1 N–H and O–H groups in total. The van der Waals surface area contributed by atoms with Gasteiger partial charge in [0.15, 0.2) is 0 Å². The van der Waals surface area contributed by atoms with E-state index in [0.29, 0.717) is 0 Å². The summed E-state index contributed by atoms with van der Waals surface area (Å²) in [5.41, 5.74) is 0. The van der Waals surface area contributed by atoms with Crippen LogP contribution in [0.15, 0.2) is 23.2 Å². The number of carbonyl (C=O) groups excluding carboxylic acids is 2. The molecule has 0 aliphatic carbocycles. The Balaban J connectivity index is 1.99. The molecule has 1 fully saturated rings. The van der Waals surface area contributed by atoms with Crippen molar-refractivity contribution in [1.82, 2.24) is 14.6 Å². The maximum absolute atomic E-state index is 12.0. The minimum Gasteiger partial charge on any atom is -0.273 e. The van der Waals surface area contributed by atoms with Gasteiger partial charge in [-0.05, 0) is 12.1 Å². The molecule has 1 aromatic heterocycles. The lowest BCUT2D eigenvalue weighted by Crippen LogP contribution is -2.37. The van der Waals surface area contributed by atoms with Crippen molar-refractivity contribution in [3.8, 4) is 0 Å². The zero-order valence-corrected chi connectivity index (χ0v) is 12.5. The lowest BCUT2D eigenvalue weighted by Gasteiger charge is -2.13. The van der Waals surface area contributed by atoms with E-state index in [-0.39, 0.29) is 40.0 Å². The van der Waals surface area contributed by atoms with Crippen LogP contribution in [0.4, 0.5) is 4.79 Å². The Bertz CT molecular complexity index is 634. The van der Waals surface area contributed by atoms with Crippen LogP contribution in [-0.2, 0) is 14.8 Å². The summed E-state index contributed by atoms with van der Waals surface area (Å²) < 4.78 is 26.2. The molecule has 10 heteroatoms. The van der Waals surface area contributed by atoms with Crippen molar-refractivity contribution in [2.45, 2.75) is 4.90 Å². The first-order chi connectivity index (χ1) is 9.42. The SMILES string of the molecule is O=C1CSC(=O)N1CCNS(=O)(=O)c1cccnc1Cl. The average Bonchev–Trinajstić information content (AvgIpc) is 2.70. The van der Waals surface area contributed by atoms with E-state index >= 15 is 0 Å². The Morgan fingerprint density at radius 2 is 2.20 bits per heavy atom. The number of aromatic nitrogens is 1. The van der Waals surface area contributed by atoms with Gasteiger partial charge in [-0.2, -0.15) is 0 Å². The van der Waals surface area contributed by atoms with E-state index in [1.54, 1.807) is 0 Å². The average molecular weight is 336 g/mol. The molecular formula is C10H10ClN3O4S2. The van der Waals surface area contributed by atoms with Crippen LogP contribution in [-0.4, -0.2) is 48.3 Å². The van der Waals surface area contributed by atoms with Gasteiger partial charge in [-0.15, -0.1) is 0 Å². The molecule has 0 aromatic carbocycles. The van der Waals surface area contributed by atoms with Gasteiger partial charge in [-0.1, -0.05) is 23.4 Å². The Kier molecular flexibility index (Phi) is 4.63. The van der Waals surface area contributed by atoms with E-state index < -0.39 is 10.0 Å². The van der Waals surface area contributed by atoms with Crippen LogP contribution in [0.1, 0.15) is 0 Å². The highest BCUT2D eigenvalue weighted by atomic mass is 35.5. The molecule has 1 aromatic rings. The molecule has 0 unspecified atom stereocenters. The normalized spacial score (nSPS) is 15.9. The highest BCUT2D eigenvalue weighted by molar-refractivity contribution is 8.14. The smallest absolute Gasteiger partial charge is 0.273 e. The first-order valence-corrected chi connectivity index (χ1v) is 8.34. The van der Waals surface area contributed by atoms with Gasteiger partial charge < -0.3 is 0 Å². The predicted octanol–water partition coefficient (Wildman–Crippen LogP) is 0.709. The van der Waals surface area contributed by atoms with Crippen LogP contribution in [0.5, 0.6) is 0 Å². The molecule has 2 amide bonds. The molecule has 7 nitrogen and oxygen atoms in total. The summed E-state index contributed by atoms with van der Waals surface area (Å²) >= 11 is 6.61. The van der Waals surface area contributed by atoms with E-state index in [1.807, 2.05) is 0 Å². The fraction of sp³-hybridized carbons (Fsp3) is 0.300. The summed E-state index contributed by atoms with van der Waals surface area (Å²) in [6, 6.07) is 2.77. The molecule has 1 aliphatic heterocycles. The van der Waals surface area contributed by atoms with Crippen LogP contribution in [0.25, 0.3) is 0 Å². The number of carbonyl (C=O) groups is 2. The molecule has 0 radical (unpaired) electrons. The summed E-state index contributed by atoms with van der Waals surface area (Å²) in [5, 5.41) is -0.502. The van der Waals surface area contributed by atoms with Crippen LogP contribution in [0.3, 0.4) is 0 Å². The van der Waals surface area contributed by atoms with Crippen LogP contribution >= 0.6 is 23.4 Å². The fourth-order valence-corrected chi connectivity index (χ4v) is 3.76. The quantitative estimate of drug-likeness (QED) is 0.796. The fourth-order valence-electron chi connectivity index (χ4n) is 1.54. The second-order valence-corrected chi connectivity index (χ2v) is 6.81. The van der Waals surface area contributed by atoms with E-state index in [9.17, 15) is 18.0 Å². The number of nitrogens with zero attached hydrogens (tertiary/aromatic N) is 2. The summed E-state index contributed by atoms with van der Waals surface area (Å²) in [5.74, 6) is -0.223. The van der Waals surface area contributed by atoms with Crippen LogP contribution in [0, 0.1) is 0 Å². The monoisotopic (exact) mass is 335 g/mol. The highest BCUT2D eigenvalue weighted by Crippen LogP contribution is 2.19. The number of nitrogens with one attached hydrogen (secondary N) is 1. The third kappa shape index (κ3) is 3.29. The van der Waals surface area contributed by atoms with Crippen molar-refractivity contribution in [2.24, 2.45) is 0 Å². The number of thioether (sulfide) groups is 1. The number of hydrogen-bond donors (Lipinski definition) is 1. The number of hydrogen-bond acceptors (Lipinski definition) is 6. The van der Waals surface area contributed by atoms with Crippen molar-refractivity contribution < 1.29 is 18.0 Å². The van der Waals surface area contributed by atoms with E-state index in [4.69, 9.17) is 11.6 Å². The molecular weight excluding hydrogens is 326 g/mol. The van der Waals surface area contributed by atoms with Crippen LogP contribution < -0.4 is 4.72 Å². The standard InChI is InChI=1S/C10H10ClN3O4S2/c11-9-7(2-1-3-12-9)20(17,18)13-4-5-14-8(15)6-19-10(14)16/h1-3,13H,4-6H2. The van der Waals surface area contributed by atoms with Crippen LogP contribution in [0.2, 0.25) is 5.15 Å². The third-order valence-corrected chi connectivity index (χ3v) is 5.25. The zero-order chi connectivity index (χ0) is 14.8. The van der Waals surface area contributed by atoms with E-state index in [2.05, 4.69) is 9.71 Å². The molecule has 1 aliphatic rings. The first-order valence-electron chi connectivity index (χ1n) is 5.49. The van der Waals surface area contributed by atoms with Gasteiger partial charge in [0, 0.05) is 19.3 Å². The molecule has 1 saturated heterocycles.